The monoisotopic (exact) mass is 898 g/mol. The van der Waals surface area contributed by atoms with Gasteiger partial charge >= 0.3 is 6.09 Å². The van der Waals surface area contributed by atoms with Crippen LogP contribution in [0.4, 0.5) is 33.3 Å². The lowest BCUT2D eigenvalue weighted by Crippen LogP contribution is -2.62. The lowest BCUT2D eigenvalue weighted by Gasteiger charge is -2.53. The van der Waals surface area contributed by atoms with Gasteiger partial charge in [-0.3, -0.25) is 19.2 Å². The van der Waals surface area contributed by atoms with E-state index in [-0.39, 0.29) is 35.0 Å². The van der Waals surface area contributed by atoms with Crippen molar-refractivity contribution >= 4 is 72.3 Å². The minimum Gasteiger partial charge on any atom is -0.444 e. The summed E-state index contributed by atoms with van der Waals surface area (Å²) in [5.74, 6) is -2.46. The Balaban J connectivity index is 1.30. The van der Waals surface area contributed by atoms with Gasteiger partial charge in [0.05, 0.1) is 33.9 Å². The molecular formula is C41H46F4N10O5S2. The van der Waals surface area contributed by atoms with Crippen LogP contribution in [0.2, 0.25) is 0 Å². The van der Waals surface area contributed by atoms with Crippen molar-refractivity contribution in [3.8, 4) is 11.1 Å². The average molecular weight is 899 g/mol. The van der Waals surface area contributed by atoms with Gasteiger partial charge in [-0.2, -0.15) is 15.2 Å². The highest BCUT2D eigenvalue weighted by Crippen LogP contribution is 2.44. The summed E-state index contributed by atoms with van der Waals surface area (Å²) in [5, 5.41) is 12.6. The van der Waals surface area contributed by atoms with Crippen molar-refractivity contribution in [1.29, 1.82) is 0 Å². The van der Waals surface area contributed by atoms with E-state index in [4.69, 9.17) is 14.7 Å². The Morgan fingerprint density at radius 3 is 2.35 bits per heavy atom. The second-order valence-corrected chi connectivity index (χ2v) is 19.5. The zero-order chi connectivity index (χ0) is 44.9. The maximum atomic E-state index is 14.6. The molecule has 2 fully saturated rings. The van der Waals surface area contributed by atoms with E-state index < -0.39 is 57.9 Å². The van der Waals surface area contributed by atoms with Crippen LogP contribution in [-0.2, 0) is 33.0 Å². The van der Waals surface area contributed by atoms with Crippen LogP contribution in [0.3, 0.4) is 0 Å². The first-order valence-electron chi connectivity index (χ1n) is 19.5. The number of anilines is 2. The molecule has 7 rings (SSSR count). The number of allylic oxidation sites excluding steroid dienone is 1. The molecule has 2 amide bonds. The summed E-state index contributed by atoms with van der Waals surface area (Å²) in [7, 11) is -2.11. The van der Waals surface area contributed by atoms with E-state index >= 15 is 0 Å². The molecule has 5 heterocycles. The van der Waals surface area contributed by atoms with Gasteiger partial charge in [-0.05, 0) is 69.9 Å². The van der Waals surface area contributed by atoms with E-state index in [2.05, 4.69) is 38.4 Å². The second-order valence-electron chi connectivity index (χ2n) is 16.7. The number of piperidine rings is 1. The van der Waals surface area contributed by atoms with Gasteiger partial charge < -0.3 is 19.9 Å². The number of nitrogens with one attached hydrogen (secondary N) is 2. The van der Waals surface area contributed by atoms with Crippen LogP contribution in [0.5, 0.6) is 0 Å². The maximum Gasteiger partial charge on any atom is 0.410 e. The van der Waals surface area contributed by atoms with Gasteiger partial charge in [0.25, 0.3) is 6.43 Å². The maximum absolute atomic E-state index is 14.6. The SMILES string of the molecule is C=NN(CC(=O)N[C@@H](Cc1cc(F)cc(F)c1)c1nc2nc(N3CCC4(CC3)CN(C(=O)OC(C)(C)C)C4)sc2cc1-c1cccc2c(NS(C)(=O)=O)nn(C)c12)C(=C)C(F)F. The number of nitrogens with zero attached hydrogens (tertiary/aromatic N) is 8. The number of aryl methyl sites for hydroxylation is 1. The number of hydrazone groups is 1. The van der Waals surface area contributed by atoms with Crippen LogP contribution in [0.1, 0.15) is 50.9 Å². The minimum absolute atomic E-state index is 0.0323. The molecule has 1 spiro atoms. The van der Waals surface area contributed by atoms with Gasteiger partial charge in [0, 0.05) is 67.9 Å². The Morgan fingerprint density at radius 1 is 1.06 bits per heavy atom. The number of halogens is 4. The summed E-state index contributed by atoms with van der Waals surface area (Å²) in [6, 6.07) is 8.77. The standard InChI is InChI=1S/C41H46F4N10O5S2/c1-23(35(44)45)55(46-5)20-32(56)47-30(17-24-15-25(42)18-26(43)16-24)33-29(27-9-8-10-28-34(27)52(6)50-36(28)51-62(7,58)59)19-31-37(48-33)49-38(61-31)53-13-11-41(12-14-53)21-54(22-41)39(57)60-40(2,3)4/h8-10,15-16,18-19,30,35H,1,5,11-14,17,20-22H2,2-4,6-7H3,(H,47,56)(H,50,51)/t30-/m0/s1. The molecule has 2 N–H and O–H groups in total. The van der Waals surface area contributed by atoms with Crippen LogP contribution in [0.25, 0.3) is 32.4 Å². The molecule has 5 aromatic rings. The number of rotatable bonds is 13. The van der Waals surface area contributed by atoms with Crippen LogP contribution in [-0.4, -0.2) is 108 Å². The third-order valence-corrected chi connectivity index (χ3v) is 12.3. The van der Waals surface area contributed by atoms with Crippen LogP contribution >= 0.6 is 11.3 Å². The first-order chi connectivity index (χ1) is 29.1. The third kappa shape index (κ3) is 9.62. The fourth-order valence-electron chi connectivity index (χ4n) is 7.91. The molecule has 330 valence electrons. The molecule has 0 radical (unpaired) electrons. The van der Waals surface area contributed by atoms with Crippen molar-refractivity contribution in [2.24, 2.45) is 17.6 Å². The molecule has 21 heteroatoms. The number of amides is 2. The molecule has 1 atom stereocenters. The van der Waals surface area contributed by atoms with Crippen molar-refractivity contribution in [2.45, 2.75) is 58.1 Å². The lowest BCUT2D eigenvalue weighted by atomic mass is 9.72. The number of benzene rings is 2. The number of sulfonamides is 1. The Labute approximate surface area is 359 Å². The zero-order valence-corrected chi connectivity index (χ0v) is 36.3. The highest BCUT2D eigenvalue weighted by atomic mass is 32.2. The summed E-state index contributed by atoms with van der Waals surface area (Å²) in [6.45, 7) is 13.9. The Kier molecular flexibility index (Phi) is 12.0. The molecule has 2 aliphatic rings. The molecule has 2 aromatic carbocycles. The summed E-state index contributed by atoms with van der Waals surface area (Å²) in [4.78, 5) is 40.2. The number of aromatic nitrogens is 4. The average Bonchev–Trinajstić information content (AvgIpc) is 3.72. The van der Waals surface area contributed by atoms with Crippen molar-refractivity contribution in [3.05, 3.63) is 77.6 Å². The summed E-state index contributed by atoms with van der Waals surface area (Å²) < 4.78 is 91.3. The molecule has 0 aliphatic carbocycles. The number of hydrogen-bond donors (Lipinski definition) is 2. The Bertz CT molecular complexity index is 2660. The fourth-order valence-corrected chi connectivity index (χ4v) is 9.41. The van der Waals surface area contributed by atoms with Gasteiger partial charge in [-0.15, -0.1) is 0 Å². The molecule has 15 nitrogen and oxygen atoms in total. The second kappa shape index (κ2) is 16.8. The zero-order valence-electron chi connectivity index (χ0n) is 34.7. The topological polar surface area (TPSA) is 167 Å². The molecule has 0 unspecified atom stereocenters. The lowest BCUT2D eigenvalue weighted by molar-refractivity contribution is -0.122. The van der Waals surface area contributed by atoms with E-state index in [0.717, 1.165) is 31.2 Å². The fraction of sp³-hybridized carbons (Fsp3) is 0.415. The minimum atomic E-state index is -3.74. The Morgan fingerprint density at radius 2 is 1.74 bits per heavy atom. The van der Waals surface area contributed by atoms with Gasteiger partial charge in [-0.25, -0.2) is 35.8 Å². The first-order valence-corrected chi connectivity index (χ1v) is 22.3. The number of hydrogen-bond acceptors (Lipinski definition) is 12. The highest BCUT2D eigenvalue weighted by Gasteiger charge is 2.48. The molecule has 62 heavy (non-hydrogen) atoms. The smallest absolute Gasteiger partial charge is 0.410 e. The highest BCUT2D eigenvalue weighted by molar-refractivity contribution is 7.92. The number of alkyl halides is 2. The van der Waals surface area contributed by atoms with Crippen molar-refractivity contribution < 1.29 is 40.3 Å². The van der Waals surface area contributed by atoms with E-state index in [9.17, 15) is 35.6 Å². The predicted octanol–water partition coefficient (Wildman–Crippen LogP) is 6.83. The van der Waals surface area contributed by atoms with E-state index in [1.54, 1.807) is 30.1 Å². The third-order valence-electron chi connectivity index (χ3n) is 10.7. The number of pyridine rings is 1. The van der Waals surface area contributed by atoms with Gasteiger partial charge in [0.1, 0.15) is 23.8 Å². The van der Waals surface area contributed by atoms with E-state index in [0.29, 0.717) is 74.8 Å². The molecule has 2 aliphatic heterocycles. The number of carbonyl (C=O) groups is 2. The molecule has 0 saturated carbocycles. The van der Waals surface area contributed by atoms with Crippen molar-refractivity contribution in [3.63, 3.8) is 0 Å². The molecule has 3 aromatic heterocycles. The first kappa shape index (κ1) is 44.2. The van der Waals surface area contributed by atoms with Crippen LogP contribution in [0.15, 0.2) is 59.8 Å². The predicted molar refractivity (Wildman–Crippen MR) is 230 cm³/mol. The number of fused-ring (bicyclic) bond motifs is 2. The molecule has 2 saturated heterocycles. The van der Waals surface area contributed by atoms with Crippen LogP contribution in [0, 0.1) is 17.0 Å². The quantitative estimate of drug-likeness (QED) is 0.0727. The summed E-state index contributed by atoms with van der Waals surface area (Å²) >= 11 is 1.39. The van der Waals surface area contributed by atoms with E-state index in [1.807, 2.05) is 26.8 Å². The number of thiazole rings is 1. The molecular weight excluding hydrogens is 853 g/mol. The van der Waals surface area contributed by atoms with Crippen LogP contribution < -0.4 is 14.9 Å². The summed E-state index contributed by atoms with van der Waals surface area (Å²) in [5.41, 5.74) is 0.729. The molecule has 0 bridgehead atoms. The van der Waals surface area contributed by atoms with E-state index in [1.165, 1.54) is 16.0 Å². The van der Waals surface area contributed by atoms with Gasteiger partial charge in [0.2, 0.25) is 15.9 Å². The number of likely N-dealkylation sites (tertiary alicyclic amines) is 1. The normalized spacial score (nSPS) is 15.8. The number of carbonyl (C=O) groups excluding carboxylic acids is 2. The number of ether oxygens (including phenoxy) is 1. The Hall–Kier alpha value is -5.83. The van der Waals surface area contributed by atoms with Crippen molar-refractivity contribution in [1.82, 2.24) is 35.0 Å². The van der Waals surface area contributed by atoms with Gasteiger partial charge in [0.15, 0.2) is 16.6 Å². The van der Waals surface area contributed by atoms with Crippen molar-refractivity contribution in [2.75, 3.05) is 48.6 Å². The number of para-hydroxylation sites is 1. The summed E-state index contributed by atoms with van der Waals surface area (Å²) in [6.07, 6.45) is -0.955. The largest absolute Gasteiger partial charge is 0.444 e. The van der Waals surface area contributed by atoms with Gasteiger partial charge in [-0.1, -0.05) is 30.0 Å².